The van der Waals surface area contributed by atoms with E-state index in [9.17, 15) is 36.9 Å². The van der Waals surface area contributed by atoms with E-state index in [1.807, 2.05) is 6.92 Å². The summed E-state index contributed by atoms with van der Waals surface area (Å²) >= 11 is 0. The van der Waals surface area contributed by atoms with Gasteiger partial charge in [-0.1, -0.05) is 19.8 Å². The number of carbonyl (C=O) groups is 5. The van der Waals surface area contributed by atoms with Gasteiger partial charge < -0.3 is 4.74 Å². The van der Waals surface area contributed by atoms with Gasteiger partial charge in [0.15, 0.2) is 6.04 Å². The number of nitrogens with one attached hydrogen (secondary N) is 1. The molecule has 12 heteroatoms. The summed E-state index contributed by atoms with van der Waals surface area (Å²) in [4.78, 5) is 56.7. The van der Waals surface area contributed by atoms with E-state index in [4.69, 9.17) is 4.74 Å². The average molecular weight is 388 g/mol. The minimum atomic E-state index is -5.56. The predicted octanol–water partition coefficient (Wildman–Crippen LogP) is -1.36. The molecule has 2 N–H and O–H groups in total. The molecule has 26 heavy (non-hydrogen) atoms. The maximum absolute atomic E-state index is 12.2. The molecule has 2 aliphatic rings. The molecule has 0 aromatic rings. The standard InChI is InChI=1S/C14H16N2O9S/c1-2-3-4-5-10(19)25-14(26(22,23)24)11(12(20)15-13(14)21)16-8(17)6-7-9(16)18/h6-7,11H,2-5H2,1H3,(H,15,20,21)(H,22,23,24). The molecule has 0 aliphatic carbocycles. The molecule has 142 valence electrons. The Morgan fingerprint density at radius 3 is 2.31 bits per heavy atom. The fourth-order valence-corrected chi connectivity index (χ4v) is 3.65. The Labute approximate surface area is 148 Å². The van der Waals surface area contributed by atoms with Crippen LogP contribution in [0.15, 0.2) is 12.2 Å². The second-order valence-electron chi connectivity index (χ2n) is 5.67. The van der Waals surface area contributed by atoms with E-state index in [0.717, 1.165) is 18.6 Å². The Bertz CT molecular complexity index is 798. The second kappa shape index (κ2) is 6.96. The molecule has 1 saturated heterocycles. The second-order valence-corrected chi connectivity index (χ2v) is 7.23. The quantitative estimate of drug-likeness (QED) is 0.232. The Morgan fingerprint density at radius 1 is 1.23 bits per heavy atom. The van der Waals surface area contributed by atoms with Gasteiger partial charge in [-0.3, -0.25) is 38.7 Å². The van der Waals surface area contributed by atoms with Gasteiger partial charge in [-0.15, -0.1) is 0 Å². The molecule has 0 saturated carbocycles. The van der Waals surface area contributed by atoms with E-state index in [1.165, 1.54) is 0 Å². The predicted molar refractivity (Wildman–Crippen MR) is 82.4 cm³/mol. The first-order valence-corrected chi connectivity index (χ1v) is 9.09. The van der Waals surface area contributed by atoms with E-state index in [2.05, 4.69) is 0 Å². The van der Waals surface area contributed by atoms with Crippen LogP contribution in [0.25, 0.3) is 0 Å². The molecule has 1 fully saturated rings. The molecule has 0 spiro atoms. The fraction of sp³-hybridized carbons (Fsp3) is 0.500. The van der Waals surface area contributed by atoms with Crippen molar-refractivity contribution in [2.75, 3.05) is 0 Å². The molecule has 4 amide bonds. The van der Waals surface area contributed by atoms with Gasteiger partial charge in [-0.25, -0.2) is 0 Å². The van der Waals surface area contributed by atoms with Crippen LogP contribution in [0.4, 0.5) is 0 Å². The highest BCUT2D eigenvalue weighted by Gasteiger charge is 2.71. The van der Waals surface area contributed by atoms with E-state index in [1.54, 1.807) is 5.32 Å². The molecule has 0 radical (unpaired) electrons. The van der Waals surface area contributed by atoms with Gasteiger partial charge in [0, 0.05) is 18.6 Å². The minimum Gasteiger partial charge on any atom is -0.427 e. The summed E-state index contributed by atoms with van der Waals surface area (Å²) in [5.74, 6) is -6.41. The lowest BCUT2D eigenvalue weighted by Gasteiger charge is -2.31. The first-order valence-electron chi connectivity index (χ1n) is 7.65. The Morgan fingerprint density at radius 2 is 1.81 bits per heavy atom. The summed E-state index contributed by atoms with van der Waals surface area (Å²) in [6, 6.07) is -2.38. The van der Waals surface area contributed by atoms with Crippen molar-refractivity contribution >= 4 is 39.7 Å². The molecule has 2 heterocycles. The van der Waals surface area contributed by atoms with Gasteiger partial charge in [0.1, 0.15) is 0 Å². The van der Waals surface area contributed by atoms with Crippen molar-refractivity contribution in [3.8, 4) is 0 Å². The smallest absolute Gasteiger partial charge is 0.343 e. The maximum atomic E-state index is 12.2. The summed E-state index contributed by atoms with van der Waals surface area (Å²) in [5, 5.41) is 1.59. The third kappa shape index (κ3) is 3.12. The topological polar surface area (TPSA) is 164 Å². The van der Waals surface area contributed by atoms with Crippen LogP contribution in [0.1, 0.15) is 32.6 Å². The van der Waals surface area contributed by atoms with Crippen molar-refractivity contribution in [1.82, 2.24) is 10.2 Å². The van der Waals surface area contributed by atoms with Gasteiger partial charge in [-0.2, -0.15) is 8.42 Å². The first kappa shape index (κ1) is 19.7. The number of unbranched alkanes of at least 4 members (excludes halogenated alkanes) is 2. The van der Waals surface area contributed by atoms with Crippen molar-refractivity contribution in [3.63, 3.8) is 0 Å². The summed E-state index contributed by atoms with van der Waals surface area (Å²) in [6.45, 7) is 1.85. The lowest BCUT2D eigenvalue weighted by atomic mass is 10.1. The largest absolute Gasteiger partial charge is 0.427 e. The molecule has 2 unspecified atom stereocenters. The van der Waals surface area contributed by atoms with Gasteiger partial charge in [-0.05, 0) is 6.42 Å². The number of hydrogen-bond acceptors (Lipinski definition) is 8. The molecule has 2 rings (SSSR count). The third-order valence-electron chi connectivity index (χ3n) is 3.90. The number of esters is 1. The number of hydrogen-bond donors (Lipinski definition) is 2. The van der Waals surface area contributed by atoms with E-state index < -0.39 is 50.7 Å². The number of ether oxygens (including phenoxy) is 1. The van der Waals surface area contributed by atoms with Crippen LogP contribution in [-0.4, -0.2) is 58.4 Å². The number of imide groups is 2. The third-order valence-corrected chi connectivity index (χ3v) is 5.15. The van der Waals surface area contributed by atoms with Crippen LogP contribution in [0.5, 0.6) is 0 Å². The van der Waals surface area contributed by atoms with Gasteiger partial charge in [0.05, 0.1) is 0 Å². The molecule has 2 aliphatic heterocycles. The van der Waals surface area contributed by atoms with E-state index in [-0.39, 0.29) is 11.3 Å². The summed E-state index contributed by atoms with van der Waals surface area (Å²) in [7, 11) is -5.56. The lowest BCUT2D eigenvalue weighted by molar-refractivity contribution is -0.165. The van der Waals surface area contributed by atoms with E-state index in [0.29, 0.717) is 12.8 Å². The summed E-state index contributed by atoms with van der Waals surface area (Å²) in [5.41, 5.74) is 0. The molecule has 0 aromatic heterocycles. The van der Waals surface area contributed by atoms with Crippen LogP contribution >= 0.6 is 0 Å². The average Bonchev–Trinajstić information content (AvgIpc) is 2.97. The molecule has 2 atom stereocenters. The highest BCUT2D eigenvalue weighted by molar-refractivity contribution is 7.88. The fourth-order valence-electron chi connectivity index (χ4n) is 2.67. The van der Waals surface area contributed by atoms with Crippen molar-refractivity contribution in [3.05, 3.63) is 12.2 Å². The van der Waals surface area contributed by atoms with Gasteiger partial charge in [0.25, 0.3) is 23.6 Å². The van der Waals surface area contributed by atoms with Gasteiger partial charge in [0.2, 0.25) is 0 Å². The number of rotatable bonds is 7. The zero-order chi connectivity index (χ0) is 19.7. The minimum absolute atomic E-state index is 0.146. The Kier molecular flexibility index (Phi) is 5.28. The van der Waals surface area contributed by atoms with Crippen LogP contribution in [0, 0.1) is 0 Å². The molecule has 0 bridgehead atoms. The summed E-state index contributed by atoms with van der Waals surface area (Å²) in [6.07, 6.45) is 2.85. The molecule has 0 aromatic carbocycles. The zero-order valence-electron chi connectivity index (χ0n) is 13.6. The van der Waals surface area contributed by atoms with Gasteiger partial charge >= 0.3 is 21.0 Å². The normalized spacial score (nSPS) is 25.8. The number of nitrogens with zero attached hydrogens (tertiary/aromatic N) is 1. The van der Waals surface area contributed by atoms with Crippen LogP contribution in [-0.2, 0) is 38.8 Å². The van der Waals surface area contributed by atoms with Crippen LogP contribution in [0.2, 0.25) is 0 Å². The molecular weight excluding hydrogens is 372 g/mol. The Hall–Kier alpha value is -2.60. The van der Waals surface area contributed by atoms with Crippen molar-refractivity contribution in [2.45, 2.75) is 43.6 Å². The maximum Gasteiger partial charge on any atom is 0.343 e. The van der Waals surface area contributed by atoms with Crippen LogP contribution < -0.4 is 5.32 Å². The van der Waals surface area contributed by atoms with Crippen molar-refractivity contribution < 1.29 is 41.7 Å². The zero-order valence-corrected chi connectivity index (χ0v) is 14.4. The summed E-state index contributed by atoms with van der Waals surface area (Å²) < 4.78 is 38.2. The Balaban J connectivity index is 2.48. The van der Waals surface area contributed by atoms with E-state index >= 15 is 0 Å². The SMILES string of the molecule is CCCCCC(=O)OC1(S(=O)(=O)O)C(=O)NC(=O)C1N1C(=O)C=CC1=O. The number of amides is 4. The van der Waals surface area contributed by atoms with Crippen molar-refractivity contribution in [1.29, 1.82) is 0 Å². The highest BCUT2D eigenvalue weighted by Crippen LogP contribution is 2.34. The first-order chi connectivity index (χ1) is 12.1. The monoisotopic (exact) mass is 388 g/mol. The molecule has 11 nitrogen and oxygen atoms in total. The van der Waals surface area contributed by atoms with Crippen molar-refractivity contribution in [2.24, 2.45) is 0 Å². The number of carbonyl (C=O) groups excluding carboxylic acids is 5. The highest BCUT2D eigenvalue weighted by atomic mass is 32.2. The molecular formula is C14H16N2O9S. The lowest BCUT2D eigenvalue weighted by Crippen LogP contribution is -2.62. The van der Waals surface area contributed by atoms with Crippen LogP contribution in [0.3, 0.4) is 0 Å².